The maximum atomic E-state index is 11.2. The smallest absolute Gasteiger partial charge is 0.373 e. The summed E-state index contributed by atoms with van der Waals surface area (Å²) < 4.78 is 7.02. The Balaban J connectivity index is 2.48. The molecule has 102 valence electrons. The van der Waals surface area contributed by atoms with E-state index in [0.29, 0.717) is 29.6 Å². The minimum Gasteiger partial charge on any atom is -0.475 e. The van der Waals surface area contributed by atoms with Crippen LogP contribution in [0.1, 0.15) is 35.8 Å². The molecule has 0 radical (unpaired) electrons. The van der Waals surface area contributed by atoms with Crippen molar-refractivity contribution in [1.29, 1.82) is 0 Å². The molecule has 0 amide bonds. The molecule has 0 unspecified atom stereocenters. The first kappa shape index (κ1) is 13.3. The van der Waals surface area contributed by atoms with Gasteiger partial charge in [0.2, 0.25) is 11.7 Å². The van der Waals surface area contributed by atoms with Crippen molar-refractivity contribution in [2.75, 3.05) is 0 Å². The maximum absolute atomic E-state index is 11.2. The molecule has 0 saturated heterocycles. The van der Waals surface area contributed by atoms with E-state index in [1.807, 2.05) is 26.8 Å². The van der Waals surface area contributed by atoms with Crippen LogP contribution < -0.4 is 0 Å². The molecule has 6 nitrogen and oxygen atoms in total. The van der Waals surface area contributed by atoms with Crippen LogP contribution in [-0.4, -0.2) is 25.8 Å². The number of hydrogen-bond donors (Lipinski definition) is 1. The van der Waals surface area contributed by atoms with E-state index in [1.54, 1.807) is 11.7 Å². The van der Waals surface area contributed by atoms with E-state index < -0.39 is 5.97 Å². The molecular weight excluding hydrogens is 246 g/mol. The van der Waals surface area contributed by atoms with Crippen LogP contribution in [0.15, 0.2) is 10.5 Å². The number of aromatic carboxylic acids is 1. The Morgan fingerprint density at radius 3 is 2.68 bits per heavy atom. The predicted molar refractivity (Wildman–Crippen MR) is 68.9 cm³/mol. The zero-order valence-electron chi connectivity index (χ0n) is 11.5. The zero-order valence-corrected chi connectivity index (χ0v) is 11.5. The molecule has 19 heavy (non-hydrogen) atoms. The van der Waals surface area contributed by atoms with Crippen molar-refractivity contribution in [3.05, 3.63) is 23.2 Å². The first-order chi connectivity index (χ1) is 8.88. The number of carboxylic acids is 1. The Labute approximate surface area is 111 Å². The van der Waals surface area contributed by atoms with E-state index in [-0.39, 0.29) is 5.76 Å². The fraction of sp³-hybridized carbons (Fsp3) is 0.462. The summed E-state index contributed by atoms with van der Waals surface area (Å²) in [4.78, 5) is 15.5. The van der Waals surface area contributed by atoms with Gasteiger partial charge < -0.3 is 9.52 Å². The van der Waals surface area contributed by atoms with Gasteiger partial charge in [0.1, 0.15) is 5.69 Å². The molecular formula is C13H17N3O3. The second-order valence-electron chi connectivity index (χ2n) is 4.99. The fourth-order valence-electron chi connectivity index (χ4n) is 1.96. The highest BCUT2D eigenvalue weighted by Crippen LogP contribution is 2.24. The standard InChI is InChI=1S/C13H17N3O3/c1-7(2)5-9-11(13(17)18)19-12(14-9)10-6-8(3)15-16(10)4/h6-7H,5H2,1-4H3,(H,17,18). The summed E-state index contributed by atoms with van der Waals surface area (Å²) in [5.41, 5.74) is 1.99. The van der Waals surface area contributed by atoms with Crippen molar-refractivity contribution < 1.29 is 14.3 Å². The van der Waals surface area contributed by atoms with Gasteiger partial charge in [-0.15, -0.1) is 0 Å². The summed E-state index contributed by atoms with van der Waals surface area (Å²) in [6.07, 6.45) is 0.571. The number of carboxylic acid groups (broad SMARTS) is 1. The fourth-order valence-corrected chi connectivity index (χ4v) is 1.96. The molecule has 2 heterocycles. The lowest BCUT2D eigenvalue weighted by Gasteiger charge is -2.00. The lowest BCUT2D eigenvalue weighted by molar-refractivity contribution is 0.0661. The molecule has 0 bridgehead atoms. The summed E-state index contributed by atoms with van der Waals surface area (Å²) in [5.74, 6) is -0.559. The third kappa shape index (κ3) is 2.67. The van der Waals surface area contributed by atoms with Crippen molar-refractivity contribution in [3.63, 3.8) is 0 Å². The van der Waals surface area contributed by atoms with Gasteiger partial charge in [0.25, 0.3) is 0 Å². The molecule has 0 aromatic carbocycles. The third-order valence-electron chi connectivity index (χ3n) is 2.71. The van der Waals surface area contributed by atoms with E-state index in [4.69, 9.17) is 9.52 Å². The van der Waals surface area contributed by atoms with Crippen LogP contribution in [0.3, 0.4) is 0 Å². The quantitative estimate of drug-likeness (QED) is 0.915. The topological polar surface area (TPSA) is 81.1 Å². The zero-order chi connectivity index (χ0) is 14.2. The molecule has 0 fully saturated rings. The highest BCUT2D eigenvalue weighted by molar-refractivity contribution is 5.86. The van der Waals surface area contributed by atoms with Crippen molar-refractivity contribution in [1.82, 2.24) is 14.8 Å². The van der Waals surface area contributed by atoms with Gasteiger partial charge >= 0.3 is 5.97 Å². The predicted octanol–water partition coefficient (Wildman–Crippen LogP) is 2.28. The Morgan fingerprint density at radius 2 is 2.21 bits per heavy atom. The minimum atomic E-state index is -1.09. The average Bonchev–Trinajstić information content (AvgIpc) is 2.81. The molecule has 0 spiro atoms. The summed E-state index contributed by atoms with van der Waals surface area (Å²) in [5, 5.41) is 13.4. The van der Waals surface area contributed by atoms with Gasteiger partial charge in [0.05, 0.1) is 11.4 Å². The number of rotatable bonds is 4. The average molecular weight is 263 g/mol. The largest absolute Gasteiger partial charge is 0.475 e. The number of oxazole rings is 1. The van der Waals surface area contributed by atoms with Crippen LogP contribution in [0.2, 0.25) is 0 Å². The first-order valence-electron chi connectivity index (χ1n) is 6.12. The lowest BCUT2D eigenvalue weighted by Crippen LogP contribution is -2.03. The van der Waals surface area contributed by atoms with Gasteiger partial charge in [0.15, 0.2) is 0 Å². The maximum Gasteiger partial charge on any atom is 0.373 e. The number of hydrogen-bond acceptors (Lipinski definition) is 4. The monoisotopic (exact) mass is 263 g/mol. The van der Waals surface area contributed by atoms with E-state index in [9.17, 15) is 4.79 Å². The summed E-state index contributed by atoms with van der Waals surface area (Å²) >= 11 is 0. The van der Waals surface area contributed by atoms with Gasteiger partial charge in [-0.25, -0.2) is 9.78 Å². The molecule has 0 atom stereocenters. The second kappa shape index (κ2) is 4.87. The van der Waals surface area contributed by atoms with E-state index in [0.717, 1.165) is 5.69 Å². The highest BCUT2D eigenvalue weighted by Gasteiger charge is 2.22. The molecule has 2 aromatic heterocycles. The Kier molecular flexibility index (Phi) is 3.42. The van der Waals surface area contributed by atoms with Crippen LogP contribution in [-0.2, 0) is 13.5 Å². The number of aromatic nitrogens is 3. The van der Waals surface area contributed by atoms with E-state index in [2.05, 4.69) is 10.1 Å². The van der Waals surface area contributed by atoms with E-state index in [1.165, 1.54) is 0 Å². The summed E-state index contributed by atoms with van der Waals surface area (Å²) in [6, 6.07) is 1.82. The van der Waals surface area contributed by atoms with Crippen LogP contribution in [0.5, 0.6) is 0 Å². The lowest BCUT2D eigenvalue weighted by atomic mass is 10.1. The Bertz CT molecular complexity index is 611. The molecule has 6 heteroatoms. The van der Waals surface area contributed by atoms with Crippen LogP contribution in [0.4, 0.5) is 0 Å². The normalized spacial score (nSPS) is 11.2. The molecule has 0 aliphatic carbocycles. The van der Waals surface area contributed by atoms with Crippen LogP contribution in [0, 0.1) is 12.8 Å². The van der Waals surface area contributed by atoms with Gasteiger partial charge in [-0.1, -0.05) is 13.8 Å². The highest BCUT2D eigenvalue weighted by atomic mass is 16.4. The van der Waals surface area contributed by atoms with Crippen LogP contribution in [0.25, 0.3) is 11.6 Å². The van der Waals surface area contributed by atoms with Crippen molar-refractivity contribution in [2.24, 2.45) is 13.0 Å². The molecule has 1 N–H and O–H groups in total. The third-order valence-corrected chi connectivity index (χ3v) is 2.71. The minimum absolute atomic E-state index is 0.0810. The van der Waals surface area contributed by atoms with Crippen molar-refractivity contribution in [2.45, 2.75) is 27.2 Å². The molecule has 0 saturated carbocycles. The number of carbonyl (C=O) groups is 1. The summed E-state index contributed by atoms with van der Waals surface area (Å²) in [6.45, 7) is 5.88. The SMILES string of the molecule is Cc1cc(-c2nc(CC(C)C)c(C(=O)O)o2)n(C)n1. The van der Waals surface area contributed by atoms with Crippen molar-refractivity contribution in [3.8, 4) is 11.6 Å². The number of aryl methyl sites for hydroxylation is 2. The van der Waals surface area contributed by atoms with E-state index >= 15 is 0 Å². The number of nitrogens with zero attached hydrogens (tertiary/aromatic N) is 3. The Morgan fingerprint density at radius 1 is 1.53 bits per heavy atom. The van der Waals surface area contributed by atoms with Gasteiger partial charge in [-0.2, -0.15) is 5.10 Å². The van der Waals surface area contributed by atoms with Crippen LogP contribution >= 0.6 is 0 Å². The molecule has 0 aliphatic rings. The van der Waals surface area contributed by atoms with Gasteiger partial charge in [0, 0.05) is 7.05 Å². The first-order valence-corrected chi connectivity index (χ1v) is 6.12. The van der Waals surface area contributed by atoms with Gasteiger partial charge in [-0.3, -0.25) is 4.68 Å². The molecule has 2 aromatic rings. The molecule has 0 aliphatic heterocycles. The summed E-state index contributed by atoms with van der Waals surface area (Å²) in [7, 11) is 1.77. The van der Waals surface area contributed by atoms with Crippen molar-refractivity contribution >= 4 is 5.97 Å². The molecule has 2 rings (SSSR count). The second-order valence-corrected chi connectivity index (χ2v) is 4.99. The van der Waals surface area contributed by atoms with Gasteiger partial charge in [-0.05, 0) is 25.3 Å². The Hall–Kier alpha value is -2.11.